The molecule has 1 N–H and O–H groups in total. The molecule has 1 amide bonds. The Balaban J connectivity index is 2.26. The molecule has 1 saturated heterocycles. The van der Waals surface area contributed by atoms with E-state index in [2.05, 4.69) is 0 Å². The van der Waals surface area contributed by atoms with Gasteiger partial charge < -0.3 is 10.0 Å². The second-order valence-corrected chi connectivity index (χ2v) is 4.52. The number of hydrogen-bond acceptors (Lipinski definition) is 2. The van der Waals surface area contributed by atoms with Crippen LogP contribution >= 0.6 is 0 Å². The maximum Gasteiger partial charge on any atom is 0.471 e. The van der Waals surface area contributed by atoms with Crippen molar-refractivity contribution < 1.29 is 41.0 Å². The zero-order valence-electron chi connectivity index (χ0n) is 9.00. The Kier molecular flexibility index (Phi) is 2.76. The minimum atomic E-state index is -5.39. The molecule has 1 saturated carbocycles. The minimum absolute atomic E-state index is 0.175. The fraction of sp³-hybridized carbons (Fsp3) is 0.778. The summed E-state index contributed by atoms with van der Waals surface area (Å²) in [6.45, 7) is 0. The van der Waals surface area contributed by atoms with Gasteiger partial charge in [0.2, 0.25) is 0 Å². The molecule has 4 nitrogen and oxygen atoms in total. The van der Waals surface area contributed by atoms with Gasteiger partial charge >= 0.3 is 24.2 Å². The Morgan fingerprint density at radius 3 is 2.00 bits per heavy atom. The van der Waals surface area contributed by atoms with Gasteiger partial charge in [0, 0.05) is 6.04 Å². The predicted molar refractivity (Wildman–Crippen MR) is 45.8 cm³/mol. The lowest BCUT2D eigenvalue weighted by atomic mass is 10.1. The van der Waals surface area contributed by atoms with Crippen molar-refractivity contribution in [2.75, 3.05) is 0 Å². The number of alkyl halides is 6. The summed E-state index contributed by atoms with van der Waals surface area (Å²) in [5.74, 6) is -7.58. The fourth-order valence-electron chi connectivity index (χ4n) is 2.68. The molecule has 0 spiro atoms. The lowest BCUT2D eigenvalue weighted by Gasteiger charge is -2.27. The van der Waals surface area contributed by atoms with E-state index in [4.69, 9.17) is 5.11 Å². The van der Waals surface area contributed by atoms with Crippen LogP contribution in [-0.2, 0) is 9.59 Å². The number of carbonyl (C=O) groups excluding carboxylic acids is 1. The number of piperidine rings is 1. The zero-order valence-corrected chi connectivity index (χ0v) is 9.00. The number of aliphatic carboxylic acids is 1. The van der Waals surface area contributed by atoms with Gasteiger partial charge in [-0.1, -0.05) is 0 Å². The molecular formula is C9H7F6NO3. The average Bonchev–Trinajstić information content (AvgIpc) is 2.79. The molecular weight excluding hydrogens is 284 g/mol. The average molecular weight is 291 g/mol. The highest BCUT2D eigenvalue weighted by molar-refractivity contribution is 5.88. The molecule has 1 heterocycles. The summed E-state index contributed by atoms with van der Waals surface area (Å²) in [6.07, 6.45) is -10.7. The Hall–Kier alpha value is -1.48. The van der Waals surface area contributed by atoms with Crippen LogP contribution in [-0.4, -0.2) is 46.3 Å². The SMILES string of the molecule is O=C(O)[C@@H]1C[C@H]2[C@H]([C@@H]2C(F)(F)F)N1C(=O)C(F)(F)F. The van der Waals surface area contributed by atoms with Crippen LogP contribution in [0.3, 0.4) is 0 Å². The Labute approximate surface area is 102 Å². The summed E-state index contributed by atoms with van der Waals surface area (Å²) in [7, 11) is 0. The first-order chi connectivity index (χ1) is 8.46. The quantitative estimate of drug-likeness (QED) is 0.743. The van der Waals surface area contributed by atoms with Crippen LogP contribution in [0.5, 0.6) is 0 Å². The summed E-state index contributed by atoms with van der Waals surface area (Å²) in [6, 6.07) is -3.56. The van der Waals surface area contributed by atoms with E-state index in [1.807, 2.05) is 0 Å². The highest BCUT2D eigenvalue weighted by Crippen LogP contribution is 2.60. The smallest absolute Gasteiger partial charge is 0.471 e. The zero-order chi connectivity index (χ0) is 14.7. The van der Waals surface area contributed by atoms with Crippen LogP contribution in [0.25, 0.3) is 0 Å². The van der Waals surface area contributed by atoms with Crippen LogP contribution in [0, 0.1) is 11.8 Å². The van der Waals surface area contributed by atoms with Crippen LogP contribution in [0.15, 0.2) is 0 Å². The third-order valence-corrected chi connectivity index (χ3v) is 3.42. The van der Waals surface area contributed by atoms with Crippen molar-refractivity contribution in [1.29, 1.82) is 0 Å². The van der Waals surface area contributed by atoms with Crippen molar-refractivity contribution in [1.82, 2.24) is 4.90 Å². The standard InChI is InChI=1S/C9H7F6NO3/c10-8(11,12)4-2-1-3(6(17)18)16(5(2)4)7(19)9(13,14)15/h2-5H,1H2,(H,17,18)/t2-,3+,4-,5-/m1/s1. The summed E-state index contributed by atoms with van der Waals surface area (Å²) in [4.78, 5) is 21.6. The highest BCUT2D eigenvalue weighted by Gasteiger charge is 2.74. The lowest BCUT2D eigenvalue weighted by Crippen LogP contribution is -2.50. The van der Waals surface area contributed by atoms with Gasteiger partial charge in [0.1, 0.15) is 6.04 Å². The fourth-order valence-corrected chi connectivity index (χ4v) is 2.68. The number of nitrogens with zero attached hydrogens (tertiary/aromatic N) is 1. The maximum atomic E-state index is 12.5. The molecule has 0 unspecified atom stereocenters. The molecule has 1 aliphatic heterocycles. The van der Waals surface area contributed by atoms with E-state index in [1.165, 1.54) is 0 Å². The first-order valence-corrected chi connectivity index (χ1v) is 5.15. The van der Waals surface area contributed by atoms with Crippen molar-refractivity contribution in [2.45, 2.75) is 30.9 Å². The number of likely N-dealkylation sites (tertiary alicyclic amines) is 1. The number of amides is 1. The summed E-state index contributed by atoms with van der Waals surface area (Å²) in [5.41, 5.74) is 0. The van der Waals surface area contributed by atoms with Crippen LogP contribution in [0.1, 0.15) is 6.42 Å². The van der Waals surface area contributed by atoms with Gasteiger partial charge in [-0.2, -0.15) is 26.3 Å². The van der Waals surface area contributed by atoms with E-state index in [1.54, 1.807) is 0 Å². The predicted octanol–water partition coefficient (Wildman–Crippen LogP) is 1.41. The van der Waals surface area contributed by atoms with Crippen LogP contribution < -0.4 is 0 Å². The van der Waals surface area contributed by atoms with Gasteiger partial charge in [-0.05, 0) is 12.3 Å². The van der Waals surface area contributed by atoms with Crippen molar-refractivity contribution in [3.05, 3.63) is 0 Å². The van der Waals surface area contributed by atoms with Gasteiger partial charge in [-0.3, -0.25) is 4.79 Å². The molecule has 2 aliphatic rings. The van der Waals surface area contributed by atoms with Gasteiger partial charge in [0.15, 0.2) is 0 Å². The first kappa shape index (κ1) is 13.9. The molecule has 0 aromatic carbocycles. The number of hydrogen-bond donors (Lipinski definition) is 1. The van der Waals surface area contributed by atoms with Gasteiger partial charge in [0.05, 0.1) is 5.92 Å². The number of halogens is 6. The third-order valence-electron chi connectivity index (χ3n) is 3.42. The maximum absolute atomic E-state index is 12.5. The molecule has 19 heavy (non-hydrogen) atoms. The second kappa shape index (κ2) is 3.76. The molecule has 2 rings (SSSR count). The van der Waals surface area contributed by atoms with Crippen molar-refractivity contribution in [3.8, 4) is 0 Å². The monoisotopic (exact) mass is 291 g/mol. The van der Waals surface area contributed by atoms with E-state index >= 15 is 0 Å². The highest BCUT2D eigenvalue weighted by atomic mass is 19.4. The van der Waals surface area contributed by atoms with E-state index in [9.17, 15) is 35.9 Å². The second-order valence-electron chi connectivity index (χ2n) is 4.52. The molecule has 1 aliphatic carbocycles. The molecule has 0 radical (unpaired) electrons. The summed E-state index contributed by atoms with van der Waals surface area (Å²) < 4.78 is 74.2. The molecule has 108 valence electrons. The Morgan fingerprint density at radius 2 is 1.63 bits per heavy atom. The number of carboxylic acid groups (broad SMARTS) is 1. The lowest BCUT2D eigenvalue weighted by molar-refractivity contribution is -0.194. The molecule has 10 heteroatoms. The number of carbonyl (C=O) groups is 2. The summed E-state index contributed by atoms with van der Waals surface area (Å²) >= 11 is 0. The molecule has 2 fully saturated rings. The molecule has 0 aromatic rings. The first-order valence-electron chi connectivity index (χ1n) is 5.15. The van der Waals surface area contributed by atoms with Gasteiger partial charge in [-0.15, -0.1) is 0 Å². The topological polar surface area (TPSA) is 57.6 Å². The van der Waals surface area contributed by atoms with Crippen molar-refractivity contribution in [3.63, 3.8) is 0 Å². The number of rotatable bonds is 1. The van der Waals surface area contributed by atoms with E-state index in [0.29, 0.717) is 0 Å². The Morgan fingerprint density at radius 1 is 1.11 bits per heavy atom. The van der Waals surface area contributed by atoms with Crippen LogP contribution in [0.2, 0.25) is 0 Å². The van der Waals surface area contributed by atoms with Crippen molar-refractivity contribution in [2.24, 2.45) is 11.8 Å². The van der Waals surface area contributed by atoms with E-state index in [0.717, 1.165) is 0 Å². The normalized spacial score (nSPS) is 34.1. The van der Waals surface area contributed by atoms with Crippen molar-refractivity contribution >= 4 is 11.9 Å². The molecule has 0 aromatic heterocycles. The summed E-state index contributed by atoms with van der Waals surface area (Å²) in [5, 5.41) is 8.68. The third kappa shape index (κ3) is 2.12. The number of fused-ring (bicyclic) bond motifs is 1. The van der Waals surface area contributed by atoms with E-state index in [-0.39, 0.29) is 4.90 Å². The van der Waals surface area contributed by atoms with E-state index < -0.39 is 54.6 Å². The minimum Gasteiger partial charge on any atom is -0.480 e. The van der Waals surface area contributed by atoms with Gasteiger partial charge in [0.25, 0.3) is 0 Å². The molecule has 4 atom stereocenters. The Bertz CT molecular complexity index is 431. The largest absolute Gasteiger partial charge is 0.480 e. The molecule has 0 bridgehead atoms. The van der Waals surface area contributed by atoms with Crippen LogP contribution in [0.4, 0.5) is 26.3 Å². The van der Waals surface area contributed by atoms with Gasteiger partial charge in [-0.25, -0.2) is 4.79 Å². The number of carboxylic acids is 1.